The highest BCUT2D eigenvalue weighted by Crippen LogP contribution is 2.18. The standard InChI is InChI=1S/C13H21N3O4S.C8H9N3O2S/c1-13(2,3)20-12(17)15-9-10-7-6-8-14-11(10)16(4)21(5,18)19;1-11(14(2,12)13)8-7(6-9)4-3-5-10-8/h6-8H,9H2,1-5H3,(H,15,17);3-5H,1-2H3. The summed E-state index contributed by atoms with van der Waals surface area (Å²) in [5.41, 5.74) is 0.225. The topological polar surface area (TPSA) is 163 Å². The van der Waals surface area contributed by atoms with E-state index in [0.29, 0.717) is 5.56 Å². The molecule has 192 valence electrons. The number of alkyl carbamates (subject to hydrolysis) is 1. The first-order valence-corrected chi connectivity index (χ1v) is 13.8. The van der Waals surface area contributed by atoms with Gasteiger partial charge in [-0.1, -0.05) is 6.07 Å². The number of amides is 1. The second kappa shape index (κ2) is 11.8. The second-order valence-corrected chi connectivity index (χ2v) is 12.3. The van der Waals surface area contributed by atoms with E-state index in [-0.39, 0.29) is 23.7 Å². The van der Waals surface area contributed by atoms with E-state index < -0.39 is 31.7 Å². The Bertz CT molecular complexity index is 1280. The molecule has 0 fully saturated rings. The van der Waals surface area contributed by atoms with Crippen molar-refractivity contribution < 1.29 is 26.4 Å². The van der Waals surface area contributed by atoms with Crippen molar-refractivity contribution in [3.63, 3.8) is 0 Å². The minimum Gasteiger partial charge on any atom is -0.444 e. The molecule has 0 unspecified atom stereocenters. The smallest absolute Gasteiger partial charge is 0.407 e. The number of ether oxygens (including phenoxy) is 1. The molecule has 0 radical (unpaired) electrons. The van der Waals surface area contributed by atoms with Gasteiger partial charge in [0, 0.05) is 38.6 Å². The Hall–Kier alpha value is -3.44. The third-order valence-corrected chi connectivity index (χ3v) is 6.52. The summed E-state index contributed by atoms with van der Waals surface area (Å²) in [5.74, 6) is 0.425. The lowest BCUT2D eigenvalue weighted by Crippen LogP contribution is -2.33. The lowest BCUT2D eigenvalue weighted by Gasteiger charge is -2.21. The fourth-order valence-corrected chi connectivity index (χ4v) is 3.32. The van der Waals surface area contributed by atoms with Gasteiger partial charge in [-0.25, -0.2) is 31.6 Å². The maximum Gasteiger partial charge on any atom is 0.407 e. The van der Waals surface area contributed by atoms with Crippen molar-refractivity contribution >= 4 is 37.8 Å². The van der Waals surface area contributed by atoms with Gasteiger partial charge in [0.1, 0.15) is 17.5 Å². The number of nitriles is 1. The van der Waals surface area contributed by atoms with Gasteiger partial charge in [-0.2, -0.15) is 5.26 Å². The van der Waals surface area contributed by atoms with E-state index in [1.165, 1.54) is 32.6 Å². The molecular weight excluding hydrogens is 496 g/mol. The van der Waals surface area contributed by atoms with E-state index >= 15 is 0 Å². The van der Waals surface area contributed by atoms with Crippen molar-refractivity contribution in [1.29, 1.82) is 5.26 Å². The number of anilines is 2. The van der Waals surface area contributed by atoms with E-state index in [9.17, 15) is 21.6 Å². The summed E-state index contributed by atoms with van der Waals surface area (Å²) in [7, 11) is -4.02. The fraction of sp³-hybridized carbons (Fsp3) is 0.429. The van der Waals surface area contributed by atoms with Gasteiger partial charge in [-0.3, -0.25) is 8.61 Å². The van der Waals surface area contributed by atoms with Gasteiger partial charge in [-0.05, 0) is 39.0 Å². The first kappa shape index (κ1) is 29.6. The molecule has 14 heteroatoms. The highest BCUT2D eigenvalue weighted by Gasteiger charge is 2.19. The molecule has 0 spiro atoms. The van der Waals surface area contributed by atoms with Crippen LogP contribution in [0.15, 0.2) is 36.7 Å². The molecule has 0 saturated carbocycles. The normalized spacial score (nSPS) is 11.4. The monoisotopic (exact) mass is 526 g/mol. The maximum atomic E-state index is 11.6. The van der Waals surface area contributed by atoms with Crippen LogP contribution < -0.4 is 13.9 Å². The number of aromatic nitrogens is 2. The molecular formula is C21H30N6O6S2. The number of rotatable bonds is 6. The minimum atomic E-state index is -3.42. The summed E-state index contributed by atoms with van der Waals surface area (Å²) in [4.78, 5) is 19.5. The van der Waals surface area contributed by atoms with Crippen LogP contribution in [0, 0.1) is 11.3 Å². The van der Waals surface area contributed by atoms with Crippen molar-refractivity contribution in [3.05, 3.63) is 47.8 Å². The van der Waals surface area contributed by atoms with Gasteiger partial charge in [0.15, 0.2) is 5.82 Å². The largest absolute Gasteiger partial charge is 0.444 e. The average molecular weight is 527 g/mol. The van der Waals surface area contributed by atoms with Gasteiger partial charge in [-0.15, -0.1) is 0 Å². The highest BCUT2D eigenvalue weighted by atomic mass is 32.2. The molecule has 0 aromatic carbocycles. The van der Waals surface area contributed by atoms with Gasteiger partial charge < -0.3 is 10.1 Å². The lowest BCUT2D eigenvalue weighted by molar-refractivity contribution is 0.0523. The number of nitrogens with zero attached hydrogens (tertiary/aromatic N) is 5. The number of pyridine rings is 2. The van der Waals surface area contributed by atoms with Crippen LogP contribution in [0.5, 0.6) is 0 Å². The molecule has 0 aliphatic carbocycles. The fourth-order valence-electron chi connectivity index (χ4n) is 2.38. The Labute approximate surface area is 206 Å². The van der Waals surface area contributed by atoms with Gasteiger partial charge >= 0.3 is 6.09 Å². The molecule has 0 atom stereocenters. The number of nitrogens with one attached hydrogen (secondary N) is 1. The molecule has 0 aliphatic rings. The molecule has 1 amide bonds. The van der Waals surface area contributed by atoms with E-state index in [2.05, 4.69) is 15.3 Å². The van der Waals surface area contributed by atoms with Crippen molar-refractivity contribution in [2.45, 2.75) is 32.9 Å². The zero-order valence-corrected chi connectivity index (χ0v) is 22.3. The first-order valence-electron chi connectivity index (χ1n) is 10.1. The average Bonchev–Trinajstić information content (AvgIpc) is 2.75. The molecule has 2 aromatic rings. The molecule has 0 aliphatic heterocycles. The highest BCUT2D eigenvalue weighted by molar-refractivity contribution is 7.92. The molecule has 2 rings (SSSR count). The number of hydrogen-bond donors (Lipinski definition) is 1. The van der Waals surface area contributed by atoms with Crippen molar-refractivity contribution in [2.75, 3.05) is 35.2 Å². The summed E-state index contributed by atoms with van der Waals surface area (Å²) < 4.78 is 52.7. The molecule has 2 heterocycles. The zero-order chi connectivity index (χ0) is 27.0. The Morgan fingerprint density at radius 2 is 1.49 bits per heavy atom. The third-order valence-electron chi connectivity index (χ3n) is 4.19. The SMILES string of the molecule is CN(c1ncccc1C#N)S(C)(=O)=O.CN(c1ncccc1CNC(=O)OC(C)(C)C)S(C)(=O)=O. The van der Waals surface area contributed by atoms with Gasteiger partial charge in [0.25, 0.3) is 0 Å². The van der Waals surface area contributed by atoms with E-state index in [1.54, 1.807) is 39.0 Å². The molecule has 0 bridgehead atoms. The van der Waals surface area contributed by atoms with Crippen LogP contribution >= 0.6 is 0 Å². The van der Waals surface area contributed by atoms with Crippen molar-refractivity contribution in [2.24, 2.45) is 0 Å². The number of sulfonamides is 2. The quantitative estimate of drug-likeness (QED) is 0.592. The van der Waals surface area contributed by atoms with Crippen molar-refractivity contribution in [1.82, 2.24) is 15.3 Å². The Balaban J connectivity index is 0.000000379. The van der Waals surface area contributed by atoms with E-state index in [1.807, 2.05) is 6.07 Å². The number of hydrogen-bond acceptors (Lipinski definition) is 9. The summed E-state index contributed by atoms with van der Waals surface area (Å²) in [6, 6.07) is 8.35. The van der Waals surface area contributed by atoms with Crippen LogP contribution in [0.25, 0.3) is 0 Å². The predicted molar refractivity (Wildman–Crippen MR) is 133 cm³/mol. The van der Waals surface area contributed by atoms with Crippen LogP contribution in [-0.4, -0.2) is 65.1 Å². The Morgan fingerprint density at radius 1 is 1.00 bits per heavy atom. The Morgan fingerprint density at radius 3 is 1.97 bits per heavy atom. The molecule has 0 saturated heterocycles. The molecule has 35 heavy (non-hydrogen) atoms. The first-order chi connectivity index (χ1) is 16.0. The summed E-state index contributed by atoms with van der Waals surface area (Å²) in [6.45, 7) is 5.41. The van der Waals surface area contributed by atoms with Gasteiger partial charge in [0.05, 0.1) is 18.1 Å². The summed E-state index contributed by atoms with van der Waals surface area (Å²) >= 11 is 0. The van der Waals surface area contributed by atoms with E-state index in [0.717, 1.165) is 21.1 Å². The van der Waals surface area contributed by atoms with Crippen LogP contribution in [0.4, 0.5) is 16.4 Å². The molecule has 1 N–H and O–H groups in total. The molecule has 12 nitrogen and oxygen atoms in total. The predicted octanol–water partition coefficient (Wildman–Crippen LogP) is 1.85. The van der Waals surface area contributed by atoms with Gasteiger partial charge in [0.2, 0.25) is 20.0 Å². The van der Waals surface area contributed by atoms with Crippen LogP contribution in [0.2, 0.25) is 0 Å². The summed E-state index contributed by atoms with van der Waals surface area (Å²) in [5, 5.41) is 11.3. The summed E-state index contributed by atoms with van der Waals surface area (Å²) in [6.07, 6.45) is 4.51. The van der Waals surface area contributed by atoms with Crippen LogP contribution in [0.1, 0.15) is 31.9 Å². The number of carbonyl (C=O) groups is 1. The Kier molecular flexibility index (Phi) is 9.98. The maximum absolute atomic E-state index is 11.6. The van der Waals surface area contributed by atoms with Crippen LogP contribution in [0.3, 0.4) is 0 Å². The van der Waals surface area contributed by atoms with E-state index in [4.69, 9.17) is 10.00 Å². The second-order valence-electron chi connectivity index (χ2n) is 8.29. The lowest BCUT2D eigenvalue weighted by atomic mass is 10.2. The van der Waals surface area contributed by atoms with Crippen molar-refractivity contribution in [3.8, 4) is 6.07 Å². The number of carbonyl (C=O) groups excluding carboxylic acids is 1. The molecule has 2 aromatic heterocycles. The zero-order valence-electron chi connectivity index (χ0n) is 20.7. The van der Waals surface area contributed by atoms with Crippen LogP contribution in [-0.2, 0) is 31.3 Å². The minimum absolute atomic E-state index is 0.123. The third kappa shape index (κ3) is 9.75.